The van der Waals surface area contributed by atoms with Crippen LogP contribution in [0.25, 0.3) is 0 Å². The summed E-state index contributed by atoms with van der Waals surface area (Å²) in [4.78, 5) is 23.5. The van der Waals surface area contributed by atoms with Gasteiger partial charge in [-0.25, -0.2) is 9.18 Å². The number of hydrogen-bond acceptors (Lipinski definition) is 4. The maximum absolute atomic E-state index is 12.7. The van der Waals surface area contributed by atoms with E-state index in [1.807, 2.05) is 0 Å². The molecule has 0 unspecified atom stereocenters. The summed E-state index contributed by atoms with van der Waals surface area (Å²) in [5.74, 6) is -2.12. The Morgan fingerprint density at radius 2 is 1.81 bits per heavy atom. The van der Waals surface area contributed by atoms with Gasteiger partial charge < -0.3 is 9.84 Å². The lowest BCUT2D eigenvalue weighted by atomic mass is 10.1. The zero-order valence-electron chi connectivity index (χ0n) is 10.7. The molecule has 1 N–H and O–H groups in total. The van der Waals surface area contributed by atoms with Gasteiger partial charge in [0.1, 0.15) is 17.1 Å². The van der Waals surface area contributed by atoms with Crippen molar-refractivity contribution in [3.05, 3.63) is 64.4 Å². The third-order valence-electron chi connectivity index (χ3n) is 2.68. The Labute approximate surface area is 124 Å². The quantitative estimate of drug-likeness (QED) is 0.696. The highest BCUT2D eigenvalue weighted by molar-refractivity contribution is 6.30. The zero-order valence-corrected chi connectivity index (χ0v) is 11.4. The van der Waals surface area contributed by atoms with Crippen molar-refractivity contribution in [3.63, 3.8) is 0 Å². The van der Waals surface area contributed by atoms with E-state index in [0.717, 1.165) is 12.1 Å². The Balaban J connectivity index is 2.00. The van der Waals surface area contributed by atoms with E-state index >= 15 is 0 Å². The summed E-state index contributed by atoms with van der Waals surface area (Å²) in [6, 6.07) is 8.78. The monoisotopic (exact) mass is 308 g/mol. The van der Waals surface area contributed by atoms with Crippen molar-refractivity contribution in [1.82, 2.24) is 0 Å². The van der Waals surface area contributed by atoms with E-state index < -0.39 is 24.2 Å². The standard InChI is InChI=1S/C15H10ClFO4/c16-10-3-6-12(13(18)7-10)15(20)21-8-14(19)9-1-4-11(17)5-2-9/h1-7,18H,8H2. The molecule has 0 aliphatic carbocycles. The van der Waals surface area contributed by atoms with Crippen LogP contribution in [0.3, 0.4) is 0 Å². The van der Waals surface area contributed by atoms with Gasteiger partial charge in [0.15, 0.2) is 12.4 Å². The van der Waals surface area contributed by atoms with Gasteiger partial charge in [-0.15, -0.1) is 0 Å². The fourth-order valence-electron chi connectivity index (χ4n) is 1.61. The van der Waals surface area contributed by atoms with Crippen molar-refractivity contribution in [3.8, 4) is 5.75 Å². The van der Waals surface area contributed by atoms with Crippen molar-refractivity contribution in [2.45, 2.75) is 0 Å². The van der Waals surface area contributed by atoms with Crippen LogP contribution >= 0.6 is 11.6 Å². The summed E-state index contributed by atoms with van der Waals surface area (Å²) in [6.07, 6.45) is 0. The predicted octanol–water partition coefficient (Wildman–Crippen LogP) is 3.22. The second-order valence-corrected chi connectivity index (χ2v) is 4.60. The highest BCUT2D eigenvalue weighted by Crippen LogP contribution is 2.22. The van der Waals surface area contributed by atoms with E-state index in [4.69, 9.17) is 16.3 Å². The third kappa shape index (κ3) is 3.79. The number of carbonyl (C=O) groups is 2. The lowest BCUT2D eigenvalue weighted by Gasteiger charge is -2.06. The Morgan fingerprint density at radius 3 is 2.43 bits per heavy atom. The van der Waals surface area contributed by atoms with Crippen molar-refractivity contribution in [2.24, 2.45) is 0 Å². The SMILES string of the molecule is O=C(COC(=O)c1ccc(Cl)cc1O)c1ccc(F)cc1. The summed E-state index contributed by atoms with van der Waals surface area (Å²) in [7, 11) is 0. The molecule has 0 saturated heterocycles. The summed E-state index contributed by atoms with van der Waals surface area (Å²) in [6.45, 7) is -0.507. The highest BCUT2D eigenvalue weighted by Gasteiger charge is 2.15. The molecule has 4 nitrogen and oxygen atoms in total. The van der Waals surface area contributed by atoms with E-state index in [1.54, 1.807) is 0 Å². The van der Waals surface area contributed by atoms with Crippen molar-refractivity contribution >= 4 is 23.4 Å². The molecule has 0 aromatic heterocycles. The molecule has 2 rings (SSSR count). The number of ketones is 1. The van der Waals surface area contributed by atoms with Gasteiger partial charge in [0.2, 0.25) is 0 Å². The van der Waals surface area contributed by atoms with Crippen LogP contribution < -0.4 is 0 Å². The Kier molecular flexibility index (Phi) is 4.55. The first-order valence-corrected chi connectivity index (χ1v) is 6.29. The van der Waals surface area contributed by atoms with E-state index in [0.29, 0.717) is 0 Å². The number of carbonyl (C=O) groups excluding carboxylic acids is 2. The second kappa shape index (κ2) is 6.37. The molecule has 0 saturated carbocycles. The van der Waals surface area contributed by atoms with Crippen LogP contribution in [0.4, 0.5) is 4.39 Å². The molecule has 0 heterocycles. The van der Waals surface area contributed by atoms with Crippen molar-refractivity contribution < 1.29 is 23.8 Å². The van der Waals surface area contributed by atoms with Gasteiger partial charge in [0.05, 0.1) is 0 Å². The zero-order chi connectivity index (χ0) is 15.4. The average Bonchev–Trinajstić information content (AvgIpc) is 2.45. The lowest BCUT2D eigenvalue weighted by molar-refractivity contribution is 0.0472. The fraction of sp³-hybridized carbons (Fsp3) is 0.0667. The molecule has 108 valence electrons. The molecule has 0 amide bonds. The largest absolute Gasteiger partial charge is 0.507 e. The highest BCUT2D eigenvalue weighted by atomic mass is 35.5. The number of benzene rings is 2. The number of Topliss-reactive ketones (excluding diaryl/α,β-unsaturated/α-hetero) is 1. The summed E-state index contributed by atoms with van der Waals surface area (Å²) in [5.41, 5.74) is 0.135. The van der Waals surface area contributed by atoms with Gasteiger partial charge in [-0.3, -0.25) is 4.79 Å². The first-order chi connectivity index (χ1) is 9.97. The number of halogens is 2. The van der Waals surface area contributed by atoms with Crippen LogP contribution in [0, 0.1) is 5.82 Å². The molecule has 0 aliphatic rings. The van der Waals surface area contributed by atoms with E-state index in [9.17, 15) is 19.1 Å². The van der Waals surface area contributed by atoms with Crippen LogP contribution in [-0.4, -0.2) is 23.5 Å². The van der Waals surface area contributed by atoms with Crippen LogP contribution in [0.2, 0.25) is 5.02 Å². The maximum Gasteiger partial charge on any atom is 0.342 e. The van der Waals surface area contributed by atoms with Crippen LogP contribution in [0.15, 0.2) is 42.5 Å². The predicted molar refractivity (Wildman–Crippen MR) is 74.1 cm³/mol. The topological polar surface area (TPSA) is 63.6 Å². The molecule has 0 fully saturated rings. The van der Waals surface area contributed by atoms with Crippen molar-refractivity contribution in [2.75, 3.05) is 6.61 Å². The second-order valence-electron chi connectivity index (χ2n) is 4.17. The molecule has 21 heavy (non-hydrogen) atoms. The first kappa shape index (κ1) is 15.0. The van der Waals surface area contributed by atoms with E-state index in [-0.39, 0.29) is 21.9 Å². The number of phenolic OH excluding ortho intramolecular Hbond substituents is 1. The number of ether oxygens (including phenoxy) is 1. The average molecular weight is 309 g/mol. The molecule has 0 aliphatic heterocycles. The minimum Gasteiger partial charge on any atom is -0.507 e. The molecule has 0 bridgehead atoms. The maximum atomic E-state index is 12.7. The Bertz CT molecular complexity index is 683. The molecule has 0 atom stereocenters. The minimum absolute atomic E-state index is 0.0914. The molecule has 0 radical (unpaired) electrons. The van der Waals surface area contributed by atoms with Crippen LogP contribution in [0.1, 0.15) is 20.7 Å². The normalized spacial score (nSPS) is 10.2. The van der Waals surface area contributed by atoms with E-state index in [2.05, 4.69) is 0 Å². The smallest absolute Gasteiger partial charge is 0.342 e. The van der Waals surface area contributed by atoms with Crippen LogP contribution in [-0.2, 0) is 4.74 Å². The lowest BCUT2D eigenvalue weighted by Crippen LogP contribution is -2.14. The van der Waals surface area contributed by atoms with E-state index in [1.165, 1.54) is 30.3 Å². The summed E-state index contributed by atoms with van der Waals surface area (Å²) >= 11 is 5.65. The number of phenols is 1. The summed E-state index contributed by atoms with van der Waals surface area (Å²) in [5, 5.41) is 9.83. The molecular weight excluding hydrogens is 299 g/mol. The van der Waals surface area contributed by atoms with Crippen molar-refractivity contribution in [1.29, 1.82) is 0 Å². The fourth-order valence-corrected chi connectivity index (χ4v) is 1.77. The summed E-state index contributed by atoms with van der Waals surface area (Å²) < 4.78 is 17.5. The third-order valence-corrected chi connectivity index (χ3v) is 2.92. The van der Waals surface area contributed by atoms with Gasteiger partial charge in [0.25, 0.3) is 0 Å². The van der Waals surface area contributed by atoms with Gasteiger partial charge in [-0.05, 0) is 42.5 Å². The van der Waals surface area contributed by atoms with Crippen LogP contribution in [0.5, 0.6) is 5.75 Å². The minimum atomic E-state index is -0.848. The van der Waals surface area contributed by atoms with Gasteiger partial charge in [-0.2, -0.15) is 0 Å². The van der Waals surface area contributed by atoms with Gasteiger partial charge >= 0.3 is 5.97 Å². The first-order valence-electron chi connectivity index (χ1n) is 5.92. The molecule has 6 heteroatoms. The molecular formula is C15H10ClFO4. The molecule has 2 aromatic rings. The number of rotatable bonds is 4. The molecule has 0 spiro atoms. The Morgan fingerprint density at radius 1 is 1.14 bits per heavy atom. The van der Waals surface area contributed by atoms with Gasteiger partial charge in [-0.1, -0.05) is 11.6 Å². The Hall–Kier alpha value is -2.40. The number of hydrogen-bond donors (Lipinski definition) is 1. The number of aromatic hydroxyl groups is 1. The van der Waals surface area contributed by atoms with Gasteiger partial charge in [0, 0.05) is 10.6 Å². The molecule has 2 aromatic carbocycles. The number of esters is 1.